The number of aryl methyl sites for hydroxylation is 1. The first-order valence-electron chi connectivity index (χ1n) is 9.16. The molecule has 3 rings (SSSR count). The lowest BCUT2D eigenvalue weighted by Crippen LogP contribution is -2.51. The van der Waals surface area contributed by atoms with Crippen LogP contribution in [0.15, 0.2) is 30.1 Å². The third kappa shape index (κ3) is 4.07. The van der Waals surface area contributed by atoms with E-state index in [0.717, 1.165) is 6.08 Å². The number of nitrogens with one attached hydrogen (secondary N) is 1. The molecule has 1 aromatic carbocycles. The Morgan fingerprint density at radius 2 is 1.83 bits per heavy atom. The van der Waals surface area contributed by atoms with E-state index in [2.05, 4.69) is 10.3 Å². The van der Waals surface area contributed by atoms with E-state index < -0.39 is 47.6 Å². The van der Waals surface area contributed by atoms with E-state index in [9.17, 15) is 32.6 Å². The minimum Gasteiger partial charge on any atom is -0.493 e. The van der Waals surface area contributed by atoms with Crippen LogP contribution >= 0.6 is 0 Å². The van der Waals surface area contributed by atoms with Crippen molar-refractivity contribution in [2.24, 2.45) is 0 Å². The van der Waals surface area contributed by atoms with Gasteiger partial charge < -0.3 is 15.2 Å². The van der Waals surface area contributed by atoms with Gasteiger partial charge in [0.05, 0.1) is 0 Å². The van der Waals surface area contributed by atoms with E-state index >= 15 is 0 Å². The van der Waals surface area contributed by atoms with E-state index in [4.69, 9.17) is 0 Å². The number of benzene rings is 1. The molecule has 1 aromatic heterocycles. The van der Waals surface area contributed by atoms with Crippen molar-refractivity contribution in [3.8, 4) is 0 Å². The number of nitrogens with zero attached hydrogens (tertiary/aromatic N) is 1. The predicted octanol–water partition coefficient (Wildman–Crippen LogP) is 4.28. The highest BCUT2D eigenvalue weighted by Gasteiger charge is 2.56. The highest BCUT2D eigenvalue weighted by molar-refractivity contribution is 5.99. The summed E-state index contributed by atoms with van der Waals surface area (Å²) in [5.74, 6) is -1.94. The third-order valence-electron chi connectivity index (χ3n) is 5.29. The molecule has 1 unspecified atom stereocenters. The molecule has 0 saturated carbocycles. The fourth-order valence-corrected chi connectivity index (χ4v) is 3.97. The lowest BCUT2D eigenvalue weighted by atomic mass is 9.72. The molecule has 0 spiro atoms. The summed E-state index contributed by atoms with van der Waals surface area (Å²) in [6, 6.07) is 5.13. The molecular formula is C21H21F4N2O3. The number of aliphatic hydroxyl groups is 2. The summed E-state index contributed by atoms with van der Waals surface area (Å²) in [6.45, 7) is 4.68. The quantitative estimate of drug-likeness (QED) is 0.625. The first kappa shape index (κ1) is 21.9. The fourth-order valence-electron chi connectivity index (χ4n) is 3.97. The lowest BCUT2D eigenvalue weighted by molar-refractivity contribution is -0.266. The van der Waals surface area contributed by atoms with E-state index in [1.54, 1.807) is 6.92 Å². The molecule has 1 aliphatic rings. The average molecular weight is 425 g/mol. The van der Waals surface area contributed by atoms with Crippen LogP contribution in [-0.2, 0) is 11.8 Å². The number of amides is 1. The van der Waals surface area contributed by atoms with E-state index in [0.29, 0.717) is 11.1 Å². The minimum atomic E-state index is -5.00. The molecular weight excluding hydrogens is 404 g/mol. The Kier molecular flexibility index (Phi) is 5.22. The first-order valence-corrected chi connectivity index (χ1v) is 9.16. The Hall–Kier alpha value is -2.81. The molecule has 1 amide bonds. The van der Waals surface area contributed by atoms with Gasteiger partial charge in [-0.05, 0) is 48.1 Å². The number of hydrogen-bond acceptors (Lipinski definition) is 3. The van der Waals surface area contributed by atoms with Crippen molar-refractivity contribution in [2.75, 3.05) is 0 Å². The summed E-state index contributed by atoms with van der Waals surface area (Å²) in [7, 11) is 0. The highest BCUT2D eigenvalue weighted by Crippen LogP contribution is 2.44. The van der Waals surface area contributed by atoms with Crippen LogP contribution in [0.2, 0.25) is 0 Å². The summed E-state index contributed by atoms with van der Waals surface area (Å²) in [4.78, 5) is 14.4. The number of aliphatic hydroxyl groups excluding tert-OH is 1. The van der Waals surface area contributed by atoms with Gasteiger partial charge in [0, 0.05) is 23.8 Å². The van der Waals surface area contributed by atoms with Crippen LogP contribution < -0.4 is 5.32 Å². The van der Waals surface area contributed by atoms with Crippen molar-refractivity contribution in [2.45, 2.75) is 50.8 Å². The zero-order valence-corrected chi connectivity index (χ0v) is 16.6. The molecule has 161 valence electrons. The molecule has 3 N–H and O–H groups in total. The van der Waals surface area contributed by atoms with Gasteiger partial charge in [0.25, 0.3) is 5.91 Å². The molecule has 0 fully saturated rings. The van der Waals surface area contributed by atoms with E-state index in [1.165, 1.54) is 38.1 Å². The average Bonchev–Trinajstić information content (AvgIpc) is 2.97. The van der Waals surface area contributed by atoms with E-state index in [1.807, 2.05) is 0 Å². The number of fused-ring (bicyclic) bond motifs is 1. The molecule has 2 heterocycles. The van der Waals surface area contributed by atoms with Crippen LogP contribution in [0.3, 0.4) is 0 Å². The van der Waals surface area contributed by atoms with Gasteiger partial charge in [-0.15, -0.1) is 0 Å². The van der Waals surface area contributed by atoms with Crippen LogP contribution in [0.1, 0.15) is 53.1 Å². The second-order valence-corrected chi connectivity index (χ2v) is 8.27. The summed E-state index contributed by atoms with van der Waals surface area (Å²) in [5, 5.41) is 23.5. The molecule has 1 aliphatic heterocycles. The van der Waals surface area contributed by atoms with Crippen molar-refractivity contribution >= 4 is 12.0 Å². The van der Waals surface area contributed by atoms with Gasteiger partial charge in [-0.1, -0.05) is 19.9 Å². The molecule has 0 saturated heterocycles. The highest BCUT2D eigenvalue weighted by atomic mass is 19.4. The van der Waals surface area contributed by atoms with Crippen LogP contribution in [-0.4, -0.2) is 32.9 Å². The summed E-state index contributed by atoms with van der Waals surface area (Å²) in [5.41, 5.74) is -3.33. The second kappa shape index (κ2) is 7.16. The lowest BCUT2D eigenvalue weighted by Gasteiger charge is -2.38. The van der Waals surface area contributed by atoms with Gasteiger partial charge in [0.15, 0.2) is 5.60 Å². The maximum Gasteiger partial charge on any atom is 0.417 e. The smallest absolute Gasteiger partial charge is 0.417 e. The predicted molar refractivity (Wildman–Crippen MR) is 101 cm³/mol. The minimum absolute atomic E-state index is 0.0407. The maximum atomic E-state index is 14.0. The van der Waals surface area contributed by atoms with Crippen molar-refractivity contribution in [1.29, 1.82) is 0 Å². The maximum absolute atomic E-state index is 14.0. The van der Waals surface area contributed by atoms with Gasteiger partial charge in [-0.2, -0.15) is 18.5 Å². The van der Waals surface area contributed by atoms with Crippen molar-refractivity contribution < 1.29 is 32.6 Å². The number of aromatic nitrogens is 1. The Morgan fingerprint density at radius 3 is 2.47 bits per heavy atom. The summed E-state index contributed by atoms with van der Waals surface area (Å²) < 4.78 is 55.6. The standard InChI is InChI=1S/C21H21F4N2O3/c1-11-4-5-13(22)8-15(11)19(2,3)10-20(30,21(23,24)25)9-14-6-12-7-16(28)27-18(29)17(12)26-14/h4-8,26,28,30H,9-10H2,1-3H3. The fraction of sp³-hybridized carbons (Fsp3) is 0.381. The van der Waals surface area contributed by atoms with Crippen LogP contribution in [0.5, 0.6) is 0 Å². The molecule has 1 radical (unpaired) electrons. The number of alkyl halides is 3. The number of halogens is 4. The van der Waals surface area contributed by atoms with Crippen LogP contribution in [0, 0.1) is 12.7 Å². The van der Waals surface area contributed by atoms with Crippen LogP contribution in [0.25, 0.3) is 6.08 Å². The molecule has 2 aromatic rings. The Bertz CT molecular complexity index is 1020. The van der Waals surface area contributed by atoms with Gasteiger partial charge >= 0.3 is 6.18 Å². The van der Waals surface area contributed by atoms with Crippen LogP contribution in [0.4, 0.5) is 17.6 Å². The van der Waals surface area contributed by atoms with E-state index in [-0.39, 0.29) is 17.0 Å². The van der Waals surface area contributed by atoms with Gasteiger partial charge in [0.1, 0.15) is 11.5 Å². The van der Waals surface area contributed by atoms with Gasteiger partial charge in [0.2, 0.25) is 5.88 Å². The molecule has 5 nitrogen and oxygen atoms in total. The SMILES string of the molecule is Cc1ccc(F)cc1C(C)(C)CC(O)(Cc1cc2c([nH]1)C(=O)[N]C(O)=C2)C(F)(F)F. The third-order valence-corrected chi connectivity index (χ3v) is 5.29. The van der Waals surface area contributed by atoms with Crippen molar-refractivity contribution in [3.63, 3.8) is 0 Å². The normalized spacial score (nSPS) is 16.5. The molecule has 0 bridgehead atoms. The molecule has 0 aliphatic carbocycles. The first-order chi connectivity index (χ1) is 13.7. The largest absolute Gasteiger partial charge is 0.493 e. The monoisotopic (exact) mass is 425 g/mol. The molecule has 9 heteroatoms. The zero-order chi connectivity index (χ0) is 22.5. The zero-order valence-electron chi connectivity index (χ0n) is 16.6. The Morgan fingerprint density at radius 1 is 1.17 bits per heavy atom. The second-order valence-electron chi connectivity index (χ2n) is 8.27. The Labute approximate surface area is 170 Å². The summed E-state index contributed by atoms with van der Waals surface area (Å²) >= 11 is 0. The van der Waals surface area contributed by atoms with Crippen molar-refractivity contribution in [3.05, 3.63) is 64.0 Å². The number of hydrogen-bond donors (Lipinski definition) is 3. The number of H-pyrrole nitrogens is 1. The Balaban J connectivity index is 1.97. The number of aromatic amines is 1. The topological polar surface area (TPSA) is 87.4 Å². The van der Waals surface area contributed by atoms with Gasteiger partial charge in [-0.3, -0.25) is 4.79 Å². The molecule has 30 heavy (non-hydrogen) atoms. The van der Waals surface area contributed by atoms with Gasteiger partial charge in [-0.25, -0.2) is 4.39 Å². The molecule has 1 atom stereocenters. The summed E-state index contributed by atoms with van der Waals surface area (Å²) in [6.07, 6.45) is -5.45. The van der Waals surface area contributed by atoms with Crippen molar-refractivity contribution in [1.82, 2.24) is 10.3 Å². The number of carbonyl (C=O) groups excluding carboxylic acids is 1. The number of carbonyl (C=O) groups is 1. The number of rotatable bonds is 5.